The topological polar surface area (TPSA) is 170 Å². The van der Waals surface area contributed by atoms with Crippen LogP contribution in [0.5, 0.6) is 17.2 Å². The quantitative estimate of drug-likeness (QED) is 0.331. The third-order valence-corrected chi connectivity index (χ3v) is 5.11. The number of benzene rings is 2. The van der Waals surface area contributed by atoms with Crippen molar-refractivity contribution >= 4 is 11.0 Å². The third kappa shape index (κ3) is 3.94. The molecule has 5 atom stereocenters. The predicted octanol–water partition coefficient (Wildman–Crippen LogP) is 0.0499. The lowest BCUT2D eigenvalue weighted by Crippen LogP contribution is -2.58. The molecule has 164 valence electrons. The largest absolute Gasteiger partial charge is 0.508 e. The molecule has 0 aliphatic carbocycles. The van der Waals surface area contributed by atoms with Crippen LogP contribution in [-0.2, 0) is 4.74 Å². The maximum atomic E-state index is 12.8. The van der Waals surface area contributed by atoms with Crippen molar-refractivity contribution in [1.29, 1.82) is 0 Å². The fourth-order valence-corrected chi connectivity index (χ4v) is 3.38. The minimum Gasteiger partial charge on any atom is -0.508 e. The van der Waals surface area contributed by atoms with Gasteiger partial charge in [0, 0.05) is 12.1 Å². The molecular formula is C21H20O10. The number of ether oxygens (including phenoxy) is 2. The van der Waals surface area contributed by atoms with E-state index in [9.17, 15) is 35.4 Å². The summed E-state index contributed by atoms with van der Waals surface area (Å²) in [6, 6.07) is 8.45. The van der Waals surface area contributed by atoms with Crippen LogP contribution in [0.15, 0.2) is 51.9 Å². The van der Waals surface area contributed by atoms with Gasteiger partial charge in [-0.2, -0.15) is 0 Å². The van der Waals surface area contributed by atoms with Gasteiger partial charge in [-0.05, 0) is 17.7 Å². The van der Waals surface area contributed by atoms with Gasteiger partial charge in [-0.15, -0.1) is 0 Å². The molecule has 1 saturated heterocycles. The van der Waals surface area contributed by atoms with Crippen molar-refractivity contribution in [2.45, 2.75) is 30.7 Å². The predicted molar refractivity (Wildman–Crippen MR) is 106 cm³/mol. The van der Waals surface area contributed by atoms with E-state index in [1.54, 1.807) is 0 Å². The summed E-state index contributed by atoms with van der Waals surface area (Å²) in [7, 11) is 0. The first-order valence-electron chi connectivity index (χ1n) is 9.34. The zero-order chi connectivity index (χ0) is 22.3. The van der Waals surface area contributed by atoms with Gasteiger partial charge < -0.3 is 44.5 Å². The number of aliphatic hydroxyl groups is 4. The Kier molecular flexibility index (Phi) is 5.56. The number of aromatic hydroxyl groups is 2. The SMILES string of the molecule is O=c1c(-c2ccc(O)cc2)coc2cc(OC[C@H]3O[C@H](O)[C@H](O)[C@@H](O)[C@H]3O)cc(O)c12. The Morgan fingerprint density at radius 3 is 2.35 bits per heavy atom. The van der Waals surface area contributed by atoms with Crippen LogP contribution in [0, 0.1) is 0 Å². The molecule has 4 rings (SSSR count). The van der Waals surface area contributed by atoms with E-state index in [2.05, 4.69) is 0 Å². The van der Waals surface area contributed by atoms with E-state index in [4.69, 9.17) is 13.9 Å². The summed E-state index contributed by atoms with van der Waals surface area (Å²) in [5, 5.41) is 58.5. The summed E-state index contributed by atoms with van der Waals surface area (Å²) >= 11 is 0. The van der Waals surface area contributed by atoms with Gasteiger partial charge in [0.25, 0.3) is 0 Å². The lowest BCUT2D eigenvalue weighted by atomic mass is 9.99. The Labute approximate surface area is 174 Å². The molecule has 0 bridgehead atoms. The maximum Gasteiger partial charge on any atom is 0.204 e. The molecule has 2 aromatic carbocycles. The molecule has 31 heavy (non-hydrogen) atoms. The molecular weight excluding hydrogens is 412 g/mol. The van der Waals surface area contributed by atoms with Crippen LogP contribution in [0.2, 0.25) is 0 Å². The summed E-state index contributed by atoms with van der Waals surface area (Å²) in [5.74, 6) is -0.279. The van der Waals surface area contributed by atoms with Crippen molar-refractivity contribution < 1.29 is 44.5 Å². The van der Waals surface area contributed by atoms with Crippen LogP contribution in [-0.4, -0.2) is 68.0 Å². The minimum atomic E-state index is -1.70. The average Bonchev–Trinajstić information content (AvgIpc) is 2.74. The van der Waals surface area contributed by atoms with E-state index in [1.165, 1.54) is 42.7 Å². The first-order chi connectivity index (χ1) is 14.8. The second kappa shape index (κ2) is 8.17. The van der Waals surface area contributed by atoms with Crippen molar-refractivity contribution in [1.82, 2.24) is 0 Å². The Morgan fingerprint density at radius 2 is 1.65 bits per heavy atom. The standard InChI is InChI=1S/C21H20O10/c22-10-3-1-9(2-4-10)12-7-30-14-6-11(5-13(23)16(14)17(12)24)29-8-15-18(25)19(26)20(27)21(28)31-15/h1-7,15,18-23,25-28H,8H2/t15-,18+,19+,20-,21+/m1/s1. The lowest BCUT2D eigenvalue weighted by molar-refractivity contribution is -0.285. The van der Waals surface area contributed by atoms with Crippen LogP contribution >= 0.6 is 0 Å². The van der Waals surface area contributed by atoms with Gasteiger partial charge in [0.15, 0.2) is 6.29 Å². The molecule has 1 aliphatic rings. The highest BCUT2D eigenvalue weighted by molar-refractivity contribution is 5.88. The molecule has 0 radical (unpaired) electrons. The molecule has 3 aromatic rings. The number of phenols is 2. The maximum absolute atomic E-state index is 12.8. The normalized spacial score (nSPS) is 26.1. The first-order valence-corrected chi connectivity index (χ1v) is 9.34. The van der Waals surface area contributed by atoms with Gasteiger partial charge in [-0.1, -0.05) is 12.1 Å². The number of hydrogen-bond donors (Lipinski definition) is 6. The molecule has 0 saturated carbocycles. The third-order valence-electron chi connectivity index (χ3n) is 5.11. The van der Waals surface area contributed by atoms with Crippen molar-refractivity contribution in [2.75, 3.05) is 6.61 Å². The van der Waals surface area contributed by atoms with Crippen molar-refractivity contribution in [3.8, 4) is 28.4 Å². The molecule has 1 aromatic heterocycles. The molecule has 1 aliphatic heterocycles. The number of phenolic OH excluding ortho intramolecular Hbond substituents is 2. The molecule has 10 heteroatoms. The van der Waals surface area contributed by atoms with Crippen LogP contribution < -0.4 is 10.2 Å². The Bertz CT molecular complexity index is 1140. The molecule has 2 heterocycles. The fraction of sp³-hybridized carbons (Fsp3) is 0.286. The van der Waals surface area contributed by atoms with Gasteiger partial charge >= 0.3 is 0 Å². The highest BCUT2D eigenvalue weighted by Crippen LogP contribution is 2.31. The van der Waals surface area contributed by atoms with Gasteiger partial charge in [0.05, 0.1) is 5.56 Å². The summed E-state index contributed by atoms with van der Waals surface area (Å²) < 4.78 is 16.0. The van der Waals surface area contributed by atoms with Gasteiger partial charge in [0.2, 0.25) is 5.43 Å². The smallest absolute Gasteiger partial charge is 0.204 e. The second-order valence-electron chi connectivity index (χ2n) is 7.19. The van der Waals surface area contributed by atoms with E-state index < -0.39 is 41.9 Å². The Balaban J connectivity index is 1.59. The zero-order valence-corrected chi connectivity index (χ0v) is 16.0. The Hall–Kier alpha value is -3.15. The molecule has 0 amide bonds. The van der Waals surface area contributed by atoms with E-state index in [1.807, 2.05) is 0 Å². The van der Waals surface area contributed by atoms with E-state index in [-0.39, 0.29) is 34.6 Å². The number of rotatable bonds is 4. The monoisotopic (exact) mass is 432 g/mol. The van der Waals surface area contributed by atoms with Crippen LogP contribution in [0.1, 0.15) is 0 Å². The zero-order valence-electron chi connectivity index (χ0n) is 16.0. The van der Waals surface area contributed by atoms with Crippen LogP contribution in [0.4, 0.5) is 0 Å². The van der Waals surface area contributed by atoms with Crippen LogP contribution in [0.25, 0.3) is 22.1 Å². The molecule has 10 nitrogen and oxygen atoms in total. The summed E-state index contributed by atoms with van der Waals surface area (Å²) in [5.41, 5.74) is 0.248. The number of hydrogen-bond acceptors (Lipinski definition) is 10. The first kappa shape index (κ1) is 21.1. The van der Waals surface area contributed by atoms with Gasteiger partial charge in [-0.3, -0.25) is 4.79 Å². The number of fused-ring (bicyclic) bond motifs is 1. The second-order valence-corrected chi connectivity index (χ2v) is 7.19. The highest BCUT2D eigenvalue weighted by Gasteiger charge is 2.43. The van der Waals surface area contributed by atoms with E-state index >= 15 is 0 Å². The summed E-state index contributed by atoms with van der Waals surface area (Å²) in [4.78, 5) is 12.8. The lowest BCUT2D eigenvalue weighted by Gasteiger charge is -2.38. The van der Waals surface area contributed by atoms with Crippen molar-refractivity contribution in [3.63, 3.8) is 0 Å². The Morgan fingerprint density at radius 1 is 0.935 bits per heavy atom. The fourth-order valence-electron chi connectivity index (χ4n) is 3.38. The average molecular weight is 432 g/mol. The van der Waals surface area contributed by atoms with E-state index in [0.717, 1.165) is 0 Å². The summed E-state index contributed by atoms with van der Waals surface area (Å²) in [6.07, 6.45) is -6.43. The molecule has 1 fully saturated rings. The summed E-state index contributed by atoms with van der Waals surface area (Å²) in [6.45, 7) is -0.331. The van der Waals surface area contributed by atoms with Crippen molar-refractivity contribution in [2.24, 2.45) is 0 Å². The highest BCUT2D eigenvalue weighted by atomic mass is 16.6. The molecule has 0 spiro atoms. The van der Waals surface area contributed by atoms with Gasteiger partial charge in [0.1, 0.15) is 65.5 Å². The van der Waals surface area contributed by atoms with Crippen molar-refractivity contribution in [3.05, 3.63) is 52.9 Å². The molecule has 6 N–H and O–H groups in total. The molecule has 0 unspecified atom stereocenters. The minimum absolute atomic E-state index is 0.0418. The van der Waals surface area contributed by atoms with Gasteiger partial charge in [-0.25, -0.2) is 0 Å². The van der Waals surface area contributed by atoms with Crippen LogP contribution in [0.3, 0.4) is 0 Å². The number of aliphatic hydroxyl groups excluding tert-OH is 4. The van der Waals surface area contributed by atoms with E-state index in [0.29, 0.717) is 5.56 Å².